The van der Waals surface area contributed by atoms with Gasteiger partial charge in [-0.25, -0.2) is 9.78 Å². The lowest BCUT2D eigenvalue weighted by Crippen LogP contribution is -2.42. The Morgan fingerprint density at radius 2 is 1.76 bits per heavy atom. The number of carbonyl (C=O) groups is 1. The van der Waals surface area contributed by atoms with Gasteiger partial charge in [-0.2, -0.15) is 0 Å². The van der Waals surface area contributed by atoms with Crippen LogP contribution in [0.25, 0.3) is 10.8 Å². The molecular weight excluding hydrogens is 438 g/mol. The number of pyridine rings is 2. The van der Waals surface area contributed by atoms with Gasteiger partial charge in [-0.3, -0.25) is 14.6 Å². The van der Waals surface area contributed by atoms with Crippen molar-refractivity contribution >= 4 is 22.4 Å². The molecule has 1 atom stereocenters. The molecule has 0 spiro atoms. The highest BCUT2D eigenvalue weighted by Crippen LogP contribution is 2.27. The van der Waals surface area contributed by atoms with Crippen molar-refractivity contribution in [3.05, 3.63) is 81.0 Å². The maximum atomic E-state index is 12.5. The molecule has 2 aromatic heterocycles. The fraction of sp³-hybridized carbons (Fsp3) is 0.240. The number of rotatable bonds is 10. The molecule has 0 aliphatic heterocycles. The second-order valence-electron chi connectivity index (χ2n) is 7.41. The molecule has 9 nitrogen and oxygen atoms in total. The zero-order chi connectivity index (χ0) is 24.1. The van der Waals surface area contributed by atoms with E-state index in [1.807, 2.05) is 12.1 Å². The maximum Gasteiger partial charge on any atom is 0.328 e. The molecule has 0 bridgehead atoms. The van der Waals surface area contributed by atoms with Gasteiger partial charge in [-0.15, -0.1) is 0 Å². The lowest BCUT2D eigenvalue weighted by Gasteiger charge is -2.21. The van der Waals surface area contributed by atoms with E-state index in [4.69, 9.17) is 14.2 Å². The highest BCUT2D eigenvalue weighted by Gasteiger charge is 2.28. The molecule has 9 heteroatoms. The van der Waals surface area contributed by atoms with Gasteiger partial charge in [0, 0.05) is 25.0 Å². The van der Waals surface area contributed by atoms with Crippen LogP contribution in [0, 0.1) is 0 Å². The summed E-state index contributed by atoms with van der Waals surface area (Å²) in [5.74, 6) is 0.413. The smallest absolute Gasteiger partial charge is 0.328 e. The van der Waals surface area contributed by atoms with E-state index >= 15 is 0 Å². The van der Waals surface area contributed by atoms with Crippen molar-refractivity contribution in [1.29, 1.82) is 0 Å². The summed E-state index contributed by atoms with van der Waals surface area (Å²) in [7, 11) is 0. The standard InChI is InChI=1S/C25H23N3O6/c1-3-32-23-20(21(29)22(23)30)28-19(25(31)33-4-2)13-15-5-7-17(8-6-15)34-24-18-14-26-11-9-16(18)10-12-27-24/h5-12,14,19,28H,3-4,13H2,1-2H3. The Morgan fingerprint density at radius 3 is 2.50 bits per heavy atom. The first-order chi connectivity index (χ1) is 16.5. The molecular formula is C25H23N3O6. The number of hydrogen-bond acceptors (Lipinski definition) is 9. The van der Waals surface area contributed by atoms with Crippen molar-refractivity contribution in [2.75, 3.05) is 18.5 Å². The number of ether oxygens (including phenoxy) is 3. The molecule has 0 aliphatic rings. The normalized spacial score (nSPS) is 11.8. The molecule has 1 unspecified atom stereocenters. The first kappa shape index (κ1) is 22.9. The zero-order valence-corrected chi connectivity index (χ0v) is 18.7. The molecule has 2 aromatic carbocycles. The van der Waals surface area contributed by atoms with Gasteiger partial charge in [0.2, 0.25) is 5.88 Å². The number of aromatic nitrogens is 2. The van der Waals surface area contributed by atoms with Crippen molar-refractivity contribution in [3.63, 3.8) is 0 Å². The van der Waals surface area contributed by atoms with Crippen molar-refractivity contribution < 1.29 is 19.0 Å². The number of nitrogens with one attached hydrogen (secondary N) is 1. The SMILES string of the molecule is CCOC(=O)C(Cc1ccc(Oc2nccc3ccncc23)cc1)Nc1c(OCC)c(=O)c1=O. The molecule has 4 rings (SSSR count). The van der Waals surface area contributed by atoms with Crippen molar-refractivity contribution in [2.45, 2.75) is 26.3 Å². The van der Waals surface area contributed by atoms with E-state index < -0.39 is 22.9 Å². The largest absolute Gasteiger partial charge is 0.488 e. The summed E-state index contributed by atoms with van der Waals surface area (Å²) >= 11 is 0. The Balaban J connectivity index is 1.51. The number of hydrogen-bond donors (Lipinski definition) is 1. The van der Waals surface area contributed by atoms with Gasteiger partial charge in [-0.1, -0.05) is 12.1 Å². The Labute approximate surface area is 195 Å². The molecule has 1 N–H and O–H groups in total. The topological polar surface area (TPSA) is 117 Å². The number of carbonyl (C=O) groups excluding carboxylic acids is 1. The fourth-order valence-corrected chi connectivity index (χ4v) is 3.50. The van der Waals surface area contributed by atoms with Crippen LogP contribution in [0.1, 0.15) is 19.4 Å². The van der Waals surface area contributed by atoms with E-state index in [-0.39, 0.29) is 31.1 Å². The van der Waals surface area contributed by atoms with Gasteiger partial charge in [0.05, 0.1) is 18.6 Å². The van der Waals surface area contributed by atoms with Gasteiger partial charge in [0.15, 0.2) is 5.75 Å². The van der Waals surface area contributed by atoms with Gasteiger partial charge < -0.3 is 19.5 Å². The zero-order valence-electron chi connectivity index (χ0n) is 18.7. The Morgan fingerprint density at radius 1 is 1.00 bits per heavy atom. The number of fused-ring (bicyclic) bond motifs is 1. The first-order valence-corrected chi connectivity index (χ1v) is 10.9. The molecule has 0 fully saturated rings. The molecule has 0 saturated heterocycles. The van der Waals surface area contributed by atoms with Crippen LogP contribution in [0.15, 0.2) is 64.6 Å². The fourth-order valence-electron chi connectivity index (χ4n) is 3.50. The Kier molecular flexibility index (Phi) is 6.82. The molecule has 174 valence electrons. The average Bonchev–Trinajstić information content (AvgIpc) is 2.86. The first-order valence-electron chi connectivity index (χ1n) is 10.9. The highest BCUT2D eigenvalue weighted by atomic mass is 16.5. The van der Waals surface area contributed by atoms with Crippen LogP contribution in [-0.4, -0.2) is 35.2 Å². The van der Waals surface area contributed by atoms with E-state index in [9.17, 15) is 14.4 Å². The van der Waals surface area contributed by atoms with Gasteiger partial charge in [-0.05, 0) is 49.1 Å². The third-order valence-electron chi connectivity index (χ3n) is 5.15. The summed E-state index contributed by atoms with van der Waals surface area (Å²) in [6.45, 7) is 3.81. The third kappa shape index (κ3) is 4.73. The van der Waals surface area contributed by atoms with Crippen LogP contribution < -0.4 is 25.6 Å². The van der Waals surface area contributed by atoms with Gasteiger partial charge in [0.1, 0.15) is 17.5 Å². The summed E-state index contributed by atoms with van der Waals surface area (Å²) in [6.07, 6.45) is 5.29. The average molecular weight is 461 g/mol. The summed E-state index contributed by atoms with van der Waals surface area (Å²) in [6, 6.07) is 10.0. The maximum absolute atomic E-state index is 12.5. The van der Waals surface area contributed by atoms with Crippen LogP contribution in [0.4, 0.5) is 5.69 Å². The molecule has 4 aromatic rings. The van der Waals surface area contributed by atoms with E-state index in [2.05, 4.69) is 15.3 Å². The predicted octanol–water partition coefficient (Wildman–Crippen LogP) is 3.00. The highest BCUT2D eigenvalue weighted by molar-refractivity contribution is 5.85. The van der Waals surface area contributed by atoms with Crippen LogP contribution in [-0.2, 0) is 16.0 Å². The Bertz CT molecular complexity index is 1370. The van der Waals surface area contributed by atoms with E-state index in [0.717, 1.165) is 16.3 Å². The summed E-state index contributed by atoms with van der Waals surface area (Å²) in [5, 5.41) is 4.59. The third-order valence-corrected chi connectivity index (χ3v) is 5.15. The minimum absolute atomic E-state index is 0.000459. The lowest BCUT2D eigenvalue weighted by atomic mass is 10.0. The van der Waals surface area contributed by atoms with E-state index in [1.54, 1.807) is 56.7 Å². The summed E-state index contributed by atoms with van der Waals surface area (Å²) in [5.41, 5.74) is -0.619. The monoisotopic (exact) mass is 461 g/mol. The van der Waals surface area contributed by atoms with Crippen LogP contribution >= 0.6 is 0 Å². The second kappa shape index (κ2) is 10.1. The minimum atomic E-state index is -0.875. The number of esters is 1. The second-order valence-corrected chi connectivity index (χ2v) is 7.41. The molecule has 34 heavy (non-hydrogen) atoms. The van der Waals surface area contributed by atoms with Gasteiger partial charge in [0.25, 0.3) is 10.9 Å². The van der Waals surface area contributed by atoms with E-state index in [1.165, 1.54) is 0 Å². The molecule has 0 amide bonds. The van der Waals surface area contributed by atoms with Crippen LogP contribution in [0.3, 0.4) is 0 Å². The van der Waals surface area contributed by atoms with Crippen molar-refractivity contribution in [1.82, 2.24) is 9.97 Å². The van der Waals surface area contributed by atoms with Crippen molar-refractivity contribution in [2.24, 2.45) is 0 Å². The minimum Gasteiger partial charge on any atom is -0.488 e. The summed E-state index contributed by atoms with van der Waals surface area (Å²) in [4.78, 5) is 44.7. The molecule has 0 saturated carbocycles. The Hall–Kier alpha value is -4.27. The lowest BCUT2D eigenvalue weighted by molar-refractivity contribution is -0.144. The van der Waals surface area contributed by atoms with Gasteiger partial charge >= 0.3 is 5.97 Å². The molecule has 0 aliphatic carbocycles. The number of benzene rings is 1. The quantitative estimate of drug-likeness (QED) is 0.281. The van der Waals surface area contributed by atoms with Crippen LogP contribution in [0.5, 0.6) is 17.4 Å². The van der Waals surface area contributed by atoms with Crippen LogP contribution in [0.2, 0.25) is 0 Å². The van der Waals surface area contributed by atoms with E-state index in [0.29, 0.717) is 11.6 Å². The molecule has 2 heterocycles. The number of anilines is 1. The predicted molar refractivity (Wildman–Crippen MR) is 126 cm³/mol. The number of nitrogens with zero attached hydrogens (tertiary/aromatic N) is 2. The molecule has 0 radical (unpaired) electrons. The van der Waals surface area contributed by atoms with Crippen molar-refractivity contribution in [3.8, 4) is 17.4 Å². The summed E-state index contributed by atoms with van der Waals surface area (Å²) < 4.78 is 16.3.